The van der Waals surface area contributed by atoms with E-state index in [-0.39, 0.29) is 0 Å². The molecule has 0 saturated carbocycles. The first-order chi connectivity index (χ1) is 11.8. The second kappa shape index (κ2) is 5.22. The van der Waals surface area contributed by atoms with Crippen LogP contribution in [0.1, 0.15) is 0 Å². The summed E-state index contributed by atoms with van der Waals surface area (Å²) in [5.74, 6) is 0. The maximum absolute atomic E-state index is 3.67. The molecule has 0 radical (unpaired) electrons. The molecule has 1 aromatic heterocycles. The molecular formula is C22H14BrN. The summed E-state index contributed by atoms with van der Waals surface area (Å²) in [6.45, 7) is 0. The van der Waals surface area contributed by atoms with Gasteiger partial charge in [-0.15, -0.1) is 0 Å². The molecule has 0 fully saturated rings. The van der Waals surface area contributed by atoms with Crippen LogP contribution in [0.2, 0.25) is 0 Å². The van der Waals surface area contributed by atoms with Crippen LogP contribution in [0, 0.1) is 0 Å². The smallest absolute Gasteiger partial charge is 0.0544 e. The number of aromatic nitrogens is 1. The van der Waals surface area contributed by atoms with E-state index < -0.39 is 0 Å². The van der Waals surface area contributed by atoms with Crippen LogP contribution in [0.3, 0.4) is 0 Å². The number of hydrogen-bond donors (Lipinski definition) is 1. The maximum Gasteiger partial charge on any atom is 0.0544 e. The number of halogens is 1. The summed E-state index contributed by atoms with van der Waals surface area (Å²) in [5.41, 5.74) is 4.85. The van der Waals surface area contributed by atoms with E-state index in [1.807, 2.05) is 0 Å². The predicted molar refractivity (Wildman–Crippen MR) is 106 cm³/mol. The molecule has 1 nitrogen and oxygen atoms in total. The molecule has 0 aliphatic rings. The molecule has 0 amide bonds. The van der Waals surface area contributed by atoms with Crippen LogP contribution in [-0.4, -0.2) is 4.98 Å². The molecule has 0 atom stereocenters. The van der Waals surface area contributed by atoms with E-state index in [0.29, 0.717) is 0 Å². The number of H-pyrrole nitrogens is 1. The van der Waals surface area contributed by atoms with Crippen molar-refractivity contribution in [2.24, 2.45) is 0 Å². The average Bonchev–Trinajstić information content (AvgIpc) is 3.00. The standard InChI is InChI=1S/C22H14BrN/c23-16-12-19(14-6-2-1-3-7-14)21-18-11-10-15-8-4-5-9-17(15)22(18)24-20(21)13-16/h1-13,24H. The Morgan fingerprint density at radius 2 is 1.50 bits per heavy atom. The lowest BCUT2D eigenvalue weighted by molar-refractivity contribution is 1.55. The van der Waals surface area contributed by atoms with E-state index in [4.69, 9.17) is 0 Å². The van der Waals surface area contributed by atoms with Gasteiger partial charge < -0.3 is 4.98 Å². The third-order valence-electron chi connectivity index (χ3n) is 4.65. The first-order valence-electron chi connectivity index (χ1n) is 7.99. The van der Waals surface area contributed by atoms with Crippen molar-refractivity contribution in [2.45, 2.75) is 0 Å². The van der Waals surface area contributed by atoms with Crippen molar-refractivity contribution in [3.63, 3.8) is 0 Å². The molecule has 5 aromatic rings. The van der Waals surface area contributed by atoms with Crippen molar-refractivity contribution < 1.29 is 0 Å². The predicted octanol–water partition coefficient (Wildman–Crippen LogP) is 6.90. The molecule has 4 aromatic carbocycles. The van der Waals surface area contributed by atoms with Crippen LogP contribution in [0.25, 0.3) is 43.7 Å². The van der Waals surface area contributed by atoms with Crippen LogP contribution in [0.5, 0.6) is 0 Å². The monoisotopic (exact) mass is 371 g/mol. The van der Waals surface area contributed by atoms with Gasteiger partial charge in [-0.1, -0.05) is 82.7 Å². The molecule has 5 rings (SSSR count). The van der Waals surface area contributed by atoms with Crippen molar-refractivity contribution in [3.05, 3.63) is 83.3 Å². The SMILES string of the molecule is Brc1cc(-c2ccccc2)c2c(c1)[nH]c1c3ccccc3ccc12. The summed E-state index contributed by atoms with van der Waals surface area (Å²) in [6.07, 6.45) is 0. The van der Waals surface area contributed by atoms with Crippen molar-refractivity contribution in [1.29, 1.82) is 0 Å². The van der Waals surface area contributed by atoms with Gasteiger partial charge in [0.25, 0.3) is 0 Å². The quantitative estimate of drug-likeness (QED) is 0.329. The minimum atomic E-state index is 1.09. The van der Waals surface area contributed by atoms with Gasteiger partial charge >= 0.3 is 0 Å². The Bertz CT molecular complexity index is 1200. The van der Waals surface area contributed by atoms with Gasteiger partial charge in [-0.05, 0) is 28.6 Å². The van der Waals surface area contributed by atoms with Crippen LogP contribution >= 0.6 is 15.9 Å². The molecule has 0 unspecified atom stereocenters. The fraction of sp³-hybridized carbons (Fsp3) is 0. The Labute approximate surface area is 148 Å². The Hall–Kier alpha value is -2.58. The van der Waals surface area contributed by atoms with Crippen molar-refractivity contribution in [2.75, 3.05) is 0 Å². The zero-order chi connectivity index (χ0) is 16.1. The second-order valence-corrected chi connectivity index (χ2v) is 6.99. The Balaban J connectivity index is 1.99. The highest BCUT2D eigenvalue weighted by Crippen LogP contribution is 2.39. The molecule has 0 aliphatic heterocycles. The molecule has 1 N–H and O–H groups in total. The van der Waals surface area contributed by atoms with Gasteiger partial charge in [0.15, 0.2) is 0 Å². The molecule has 0 spiro atoms. The van der Waals surface area contributed by atoms with E-state index >= 15 is 0 Å². The minimum Gasteiger partial charge on any atom is -0.354 e. The lowest BCUT2D eigenvalue weighted by Crippen LogP contribution is -1.80. The van der Waals surface area contributed by atoms with E-state index in [0.717, 1.165) is 9.99 Å². The number of aromatic amines is 1. The Morgan fingerprint density at radius 3 is 2.38 bits per heavy atom. The zero-order valence-electron chi connectivity index (χ0n) is 12.9. The van der Waals surface area contributed by atoms with Crippen LogP contribution < -0.4 is 0 Å². The van der Waals surface area contributed by atoms with Gasteiger partial charge in [-0.2, -0.15) is 0 Å². The van der Waals surface area contributed by atoms with E-state index in [9.17, 15) is 0 Å². The van der Waals surface area contributed by atoms with Crippen LogP contribution in [-0.2, 0) is 0 Å². The third kappa shape index (κ3) is 2.00. The fourth-order valence-corrected chi connectivity index (χ4v) is 4.05. The van der Waals surface area contributed by atoms with Gasteiger partial charge in [0.1, 0.15) is 0 Å². The highest BCUT2D eigenvalue weighted by atomic mass is 79.9. The van der Waals surface area contributed by atoms with Crippen molar-refractivity contribution >= 4 is 48.5 Å². The summed E-state index contributed by atoms with van der Waals surface area (Å²) in [4.78, 5) is 3.64. The van der Waals surface area contributed by atoms with E-state index in [1.54, 1.807) is 0 Å². The van der Waals surface area contributed by atoms with E-state index in [1.165, 1.54) is 38.2 Å². The molecule has 1 heterocycles. The summed E-state index contributed by atoms with van der Waals surface area (Å²) in [7, 11) is 0. The second-order valence-electron chi connectivity index (χ2n) is 6.08. The molecular weight excluding hydrogens is 358 g/mol. The van der Waals surface area contributed by atoms with Gasteiger partial charge in [-0.25, -0.2) is 0 Å². The summed E-state index contributed by atoms with van der Waals surface area (Å²) >= 11 is 3.67. The molecule has 0 saturated heterocycles. The van der Waals surface area contributed by atoms with Crippen LogP contribution in [0.4, 0.5) is 0 Å². The van der Waals surface area contributed by atoms with Gasteiger partial charge in [0.05, 0.1) is 5.52 Å². The summed E-state index contributed by atoms with van der Waals surface area (Å²) in [5, 5.41) is 5.08. The topological polar surface area (TPSA) is 15.8 Å². The molecule has 0 bridgehead atoms. The Morgan fingerprint density at radius 1 is 0.708 bits per heavy atom. The van der Waals surface area contributed by atoms with Gasteiger partial charge in [0.2, 0.25) is 0 Å². The summed E-state index contributed by atoms with van der Waals surface area (Å²) < 4.78 is 1.09. The lowest BCUT2D eigenvalue weighted by atomic mass is 9.98. The third-order valence-corrected chi connectivity index (χ3v) is 5.10. The molecule has 0 aliphatic carbocycles. The largest absolute Gasteiger partial charge is 0.354 e. The minimum absolute atomic E-state index is 1.09. The first kappa shape index (κ1) is 13.8. The molecule has 2 heteroatoms. The number of fused-ring (bicyclic) bond motifs is 5. The highest BCUT2D eigenvalue weighted by Gasteiger charge is 2.13. The Kier molecular flexibility index (Phi) is 3.00. The summed E-state index contributed by atoms with van der Waals surface area (Å²) in [6, 6.07) is 27.9. The molecule has 24 heavy (non-hydrogen) atoms. The maximum atomic E-state index is 3.67. The van der Waals surface area contributed by atoms with Gasteiger partial charge in [-0.3, -0.25) is 0 Å². The normalized spacial score (nSPS) is 11.5. The first-order valence-corrected chi connectivity index (χ1v) is 8.79. The lowest BCUT2D eigenvalue weighted by Gasteiger charge is -2.06. The fourth-order valence-electron chi connectivity index (χ4n) is 3.59. The van der Waals surface area contributed by atoms with Gasteiger partial charge in [0, 0.05) is 26.1 Å². The highest BCUT2D eigenvalue weighted by molar-refractivity contribution is 9.10. The van der Waals surface area contributed by atoms with Crippen molar-refractivity contribution in [1.82, 2.24) is 4.98 Å². The number of hydrogen-bond acceptors (Lipinski definition) is 0. The van der Waals surface area contributed by atoms with Crippen LogP contribution in [0.15, 0.2) is 83.3 Å². The number of benzene rings is 4. The van der Waals surface area contributed by atoms with E-state index in [2.05, 4.69) is 99.8 Å². The zero-order valence-corrected chi connectivity index (χ0v) is 14.5. The number of rotatable bonds is 1. The molecule has 114 valence electrons. The number of nitrogens with one attached hydrogen (secondary N) is 1. The average molecular weight is 372 g/mol. The van der Waals surface area contributed by atoms with Crippen molar-refractivity contribution in [3.8, 4) is 11.1 Å².